The summed E-state index contributed by atoms with van der Waals surface area (Å²) in [6, 6.07) is 6.10. The van der Waals surface area contributed by atoms with Gasteiger partial charge >= 0.3 is 0 Å². The van der Waals surface area contributed by atoms with Crippen LogP contribution in [-0.4, -0.2) is 73.4 Å². The van der Waals surface area contributed by atoms with Gasteiger partial charge in [-0.1, -0.05) is 0 Å². The van der Waals surface area contributed by atoms with Crippen molar-refractivity contribution in [2.75, 3.05) is 63.5 Å². The number of piperazine rings is 1. The number of anilines is 2. The standard InChI is InChI=1S/C18H30N4O/c1-15-13-16(19)3-4-17(15)22-7-5-18(23,6-8-22)14-21-11-9-20(2)10-12-21/h3-4,13,23H,5-12,14,19H2,1-2H3. The number of nitrogen functional groups attached to an aromatic ring is 1. The Kier molecular flexibility index (Phi) is 4.80. The molecule has 0 atom stereocenters. The van der Waals surface area contributed by atoms with E-state index >= 15 is 0 Å². The van der Waals surface area contributed by atoms with Crippen LogP contribution in [0.15, 0.2) is 18.2 Å². The molecule has 2 heterocycles. The minimum Gasteiger partial charge on any atom is -0.399 e. The van der Waals surface area contributed by atoms with Crippen molar-refractivity contribution < 1.29 is 5.11 Å². The fourth-order valence-corrected chi connectivity index (χ4v) is 3.78. The first-order chi connectivity index (χ1) is 11.0. The predicted molar refractivity (Wildman–Crippen MR) is 95.9 cm³/mol. The number of hydrogen-bond acceptors (Lipinski definition) is 5. The van der Waals surface area contributed by atoms with E-state index in [1.807, 2.05) is 12.1 Å². The monoisotopic (exact) mass is 318 g/mol. The first-order valence-corrected chi connectivity index (χ1v) is 8.70. The maximum Gasteiger partial charge on any atom is 0.0807 e. The van der Waals surface area contributed by atoms with E-state index < -0.39 is 5.60 Å². The van der Waals surface area contributed by atoms with Gasteiger partial charge in [0.05, 0.1) is 5.60 Å². The van der Waals surface area contributed by atoms with Gasteiger partial charge in [0, 0.05) is 57.2 Å². The number of aliphatic hydroxyl groups is 1. The van der Waals surface area contributed by atoms with Crippen LogP contribution in [0.2, 0.25) is 0 Å². The molecule has 0 spiro atoms. The molecule has 2 aliphatic rings. The zero-order chi connectivity index (χ0) is 16.4. The molecule has 3 rings (SSSR count). The lowest BCUT2D eigenvalue weighted by molar-refractivity contribution is -0.0250. The first-order valence-electron chi connectivity index (χ1n) is 8.70. The topological polar surface area (TPSA) is 56.0 Å². The van der Waals surface area contributed by atoms with Gasteiger partial charge in [-0.15, -0.1) is 0 Å². The van der Waals surface area contributed by atoms with E-state index in [4.69, 9.17) is 5.73 Å². The Morgan fingerprint density at radius 3 is 2.35 bits per heavy atom. The summed E-state index contributed by atoms with van der Waals surface area (Å²) in [5.41, 5.74) is 8.60. The van der Waals surface area contributed by atoms with Gasteiger partial charge in [0.1, 0.15) is 0 Å². The smallest absolute Gasteiger partial charge is 0.0807 e. The number of rotatable bonds is 3. The molecule has 23 heavy (non-hydrogen) atoms. The van der Waals surface area contributed by atoms with E-state index in [2.05, 4.69) is 34.7 Å². The molecule has 1 aromatic rings. The molecular formula is C18H30N4O. The van der Waals surface area contributed by atoms with Crippen molar-refractivity contribution in [1.82, 2.24) is 9.80 Å². The fourth-order valence-electron chi connectivity index (χ4n) is 3.78. The number of nitrogens with two attached hydrogens (primary N) is 1. The zero-order valence-electron chi connectivity index (χ0n) is 14.5. The Morgan fingerprint density at radius 1 is 1.09 bits per heavy atom. The van der Waals surface area contributed by atoms with Crippen molar-refractivity contribution >= 4 is 11.4 Å². The molecule has 0 radical (unpaired) electrons. The summed E-state index contributed by atoms with van der Waals surface area (Å²) in [7, 11) is 2.17. The molecule has 1 aromatic carbocycles. The molecule has 0 aromatic heterocycles. The third kappa shape index (κ3) is 3.97. The van der Waals surface area contributed by atoms with Crippen LogP contribution < -0.4 is 10.6 Å². The normalized spacial score (nSPS) is 23.2. The van der Waals surface area contributed by atoms with Crippen LogP contribution in [0.3, 0.4) is 0 Å². The fraction of sp³-hybridized carbons (Fsp3) is 0.667. The number of hydrogen-bond donors (Lipinski definition) is 2. The van der Waals surface area contributed by atoms with Crippen LogP contribution in [0.5, 0.6) is 0 Å². The summed E-state index contributed by atoms with van der Waals surface area (Å²) in [6.45, 7) is 9.09. The number of aryl methyl sites for hydroxylation is 1. The SMILES string of the molecule is Cc1cc(N)ccc1N1CCC(O)(CN2CCN(C)CC2)CC1. The lowest BCUT2D eigenvalue weighted by Gasteiger charge is -2.43. The molecule has 5 heteroatoms. The quantitative estimate of drug-likeness (QED) is 0.819. The second-order valence-corrected chi connectivity index (χ2v) is 7.34. The zero-order valence-corrected chi connectivity index (χ0v) is 14.5. The van der Waals surface area contributed by atoms with Gasteiger partial charge in [-0.25, -0.2) is 0 Å². The molecule has 0 unspecified atom stereocenters. The van der Waals surface area contributed by atoms with Crippen LogP contribution in [0.25, 0.3) is 0 Å². The van der Waals surface area contributed by atoms with E-state index in [1.165, 1.54) is 11.3 Å². The van der Waals surface area contributed by atoms with Crippen LogP contribution in [0, 0.1) is 6.92 Å². The highest BCUT2D eigenvalue weighted by Gasteiger charge is 2.35. The second-order valence-electron chi connectivity index (χ2n) is 7.34. The third-order valence-corrected chi connectivity index (χ3v) is 5.37. The summed E-state index contributed by atoms with van der Waals surface area (Å²) in [5, 5.41) is 11.0. The lowest BCUT2D eigenvalue weighted by Crippen LogP contribution is -2.54. The minimum absolute atomic E-state index is 0.534. The van der Waals surface area contributed by atoms with Gasteiger partial charge in [0.25, 0.3) is 0 Å². The predicted octanol–water partition coefficient (Wildman–Crippen LogP) is 1.16. The summed E-state index contributed by atoms with van der Waals surface area (Å²) >= 11 is 0. The van der Waals surface area contributed by atoms with Crippen molar-refractivity contribution in [3.8, 4) is 0 Å². The van der Waals surface area contributed by atoms with Gasteiger partial charge < -0.3 is 20.6 Å². The highest BCUT2D eigenvalue weighted by Crippen LogP contribution is 2.30. The number of likely N-dealkylation sites (N-methyl/N-ethyl adjacent to an activating group) is 1. The minimum atomic E-state index is -0.534. The summed E-state index contributed by atoms with van der Waals surface area (Å²) < 4.78 is 0. The summed E-state index contributed by atoms with van der Waals surface area (Å²) in [4.78, 5) is 7.16. The number of benzene rings is 1. The van der Waals surface area contributed by atoms with Gasteiger partial charge in [-0.3, -0.25) is 4.90 Å². The van der Waals surface area contributed by atoms with E-state index in [1.54, 1.807) is 0 Å². The molecule has 2 aliphatic heterocycles. The van der Waals surface area contributed by atoms with Crippen LogP contribution >= 0.6 is 0 Å². The van der Waals surface area contributed by atoms with Crippen molar-refractivity contribution in [3.63, 3.8) is 0 Å². The molecule has 0 saturated carbocycles. The molecule has 0 bridgehead atoms. The van der Waals surface area contributed by atoms with E-state index in [-0.39, 0.29) is 0 Å². The Balaban J connectivity index is 1.56. The molecule has 3 N–H and O–H groups in total. The highest BCUT2D eigenvalue weighted by atomic mass is 16.3. The van der Waals surface area contributed by atoms with E-state index in [0.717, 1.165) is 64.3 Å². The number of piperidine rings is 1. The first kappa shape index (κ1) is 16.6. The second kappa shape index (κ2) is 6.67. The molecule has 5 nitrogen and oxygen atoms in total. The summed E-state index contributed by atoms with van der Waals surface area (Å²) in [6.07, 6.45) is 1.67. The molecule has 2 fully saturated rings. The molecule has 2 saturated heterocycles. The maximum atomic E-state index is 11.0. The Bertz CT molecular complexity index is 532. The third-order valence-electron chi connectivity index (χ3n) is 5.37. The van der Waals surface area contributed by atoms with Crippen LogP contribution in [0.4, 0.5) is 11.4 Å². The van der Waals surface area contributed by atoms with Gasteiger partial charge in [-0.2, -0.15) is 0 Å². The van der Waals surface area contributed by atoms with Crippen molar-refractivity contribution in [3.05, 3.63) is 23.8 Å². The van der Waals surface area contributed by atoms with E-state index in [9.17, 15) is 5.11 Å². The van der Waals surface area contributed by atoms with Gasteiger partial charge in [0.2, 0.25) is 0 Å². The van der Waals surface area contributed by atoms with Crippen LogP contribution in [0.1, 0.15) is 18.4 Å². The van der Waals surface area contributed by atoms with Gasteiger partial charge in [-0.05, 0) is 50.6 Å². The Hall–Kier alpha value is -1.30. The average molecular weight is 318 g/mol. The lowest BCUT2D eigenvalue weighted by atomic mass is 9.90. The molecular weight excluding hydrogens is 288 g/mol. The number of nitrogens with zero attached hydrogens (tertiary/aromatic N) is 3. The van der Waals surface area contributed by atoms with Crippen molar-refractivity contribution in [1.29, 1.82) is 0 Å². The highest BCUT2D eigenvalue weighted by molar-refractivity contribution is 5.59. The van der Waals surface area contributed by atoms with Gasteiger partial charge in [0.15, 0.2) is 0 Å². The van der Waals surface area contributed by atoms with E-state index in [0.29, 0.717) is 0 Å². The maximum absolute atomic E-state index is 11.0. The Morgan fingerprint density at radius 2 is 1.74 bits per heavy atom. The largest absolute Gasteiger partial charge is 0.399 e. The van der Waals surface area contributed by atoms with Crippen molar-refractivity contribution in [2.45, 2.75) is 25.4 Å². The van der Waals surface area contributed by atoms with Crippen LogP contribution in [-0.2, 0) is 0 Å². The summed E-state index contributed by atoms with van der Waals surface area (Å²) in [5.74, 6) is 0. The molecule has 0 amide bonds. The average Bonchev–Trinajstić information content (AvgIpc) is 2.51. The molecule has 0 aliphatic carbocycles. The number of β-amino-alcohol motifs (C(OH)–C–C–N with tert-alkyl or cyclic N) is 1. The molecule has 128 valence electrons. The van der Waals surface area contributed by atoms with Crippen molar-refractivity contribution in [2.24, 2.45) is 0 Å². The Labute approximate surface area is 139 Å².